The maximum absolute atomic E-state index is 15.1. The van der Waals surface area contributed by atoms with Crippen LogP contribution in [0.1, 0.15) is 86.2 Å². The van der Waals surface area contributed by atoms with Crippen molar-refractivity contribution in [3.63, 3.8) is 0 Å². The van der Waals surface area contributed by atoms with Crippen LogP contribution in [0.4, 0.5) is 22.0 Å². The molecule has 0 unspecified atom stereocenters. The van der Waals surface area contributed by atoms with Crippen LogP contribution in [0.25, 0.3) is 0 Å². The predicted molar refractivity (Wildman–Crippen MR) is 130 cm³/mol. The van der Waals surface area contributed by atoms with Crippen LogP contribution in [0.3, 0.4) is 0 Å². The lowest BCUT2D eigenvalue weighted by molar-refractivity contribution is -0.197. The highest BCUT2D eigenvalue weighted by molar-refractivity contribution is 5.30. The van der Waals surface area contributed by atoms with E-state index in [1.165, 1.54) is 12.1 Å². The van der Waals surface area contributed by atoms with Gasteiger partial charge < -0.3 is 9.47 Å². The molecule has 0 N–H and O–H groups in total. The highest BCUT2D eigenvalue weighted by atomic mass is 19.2. The van der Waals surface area contributed by atoms with Crippen molar-refractivity contribution in [3.05, 3.63) is 82.7 Å². The minimum Gasteiger partial charge on any atom is -0.348 e. The van der Waals surface area contributed by atoms with Gasteiger partial charge in [0.05, 0.1) is 13.2 Å². The summed E-state index contributed by atoms with van der Waals surface area (Å²) >= 11 is 0. The molecule has 0 amide bonds. The fourth-order valence-electron chi connectivity index (χ4n) is 6.59. The highest BCUT2D eigenvalue weighted by Crippen LogP contribution is 2.47. The second-order valence-corrected chi connectivity index (χ2v) is 10.9. The smallest absolute Gasteiger partial charge is 0.194 e. The van der Waals surface area contributed by atoms with Crippen molar-refractivity contribution in [2.75, 3.05) is 13.2 Å². The van der Waals surface area contributed by atoms with Gasteiger partial charge in [-0.3, -0.25) is 0 Å². The van der Waals surface area contributed by atoms with Crippen LogP contribution in [0, 0.1) is 46.8 Å². The summed E-state index contributed by atoms with van der Waals surface area (Å²) in [4.78, 5) is 0. The van der Waals surface area contributed by atoms with E-state index in [-0.39, 0.29) is 23.3 Å². The molecule has 1 heterocycles. The van der Waals surface area contributed by atoms with Crippen LogP contribution < -0.4 is 0 Å². The van der Waals surface area contributed by atoms with Crippen molar-refractivity contribution >= 4 is 0 Å². The van der Waals surface area contributed by atoms with Gasteiger partial charge in [0.25, 0.3) is 0 Å². The molecular formula is C30H33F5O2. The van der Waals surface area contributed by atoms with Crippen molar-refractivity contribution in [1.29, 1.82) is 0 Å². The van der Waals surface area contributed by atoms with E-state index in [4.69, 9.17) is 9.47 Å². The molecule has 3 fully saturated rings. The Hall–Kier alpha value is -2.25. The van der Waals surface area contributed by atoms with Gasteiger partial charge in [-0.15, -0.1) is 6.58 Å². The molecule has 3 aliphatic rings. The van der Waals surface area contributed by atoms with E-state index in [2.05, 4.69) is 6.58 Å². The SMILES string of the molecule is C=CC1COC(c2cc(F)c(C3CCC(C4CCC(c5cc(F)c(F)c(F)c5)CC4)CC3)c(F)c2)OC1. The molecule has 200 valence electrons. The average Bonchev–Trinajstić information content (AvgIpc) is 2.91. The third-order valence-corrected chi connectivity index (χ3v) is 8.73. The van der Waals surface area contributed by atoms with E-state index in [0.29, 0.717) is 36.2 Å². The number of ether oxygens (including phenoxy) is 2. The molecule has 5 rings (SSSR count). The minimum atomic E-state index is -1.42. The molecular weight excluding hydrogens is 487 g/mol. The molecule has 7 heteroatoms. The Morgan fingerprint density at radius 3 is 1.57 bits per heavy atom. The fourth-order valence-corrected chi connectivity index (χ4v) is 6.59. The Labute approximate surface area is 214 Å². The number of hydrogen-bond acceptors (Lipinski definition) is 2. The van der Waals surface area contributed by atoms with E-state index < -0.39 is 35.4 Å². The topological polar surface area (TPSA) is 18.5 Å². The number of halogens is 5. The van der Waals surface area contributed by atoms with Gasteiger partial charge in [-0.2, -0.15) is 0 Å². The van der Waals surface area contributed by atoms with Crippen LogP contribution >= 0.6 is 0 Å². The zero-order valence-electron chi connectivity index (χ0n) is 20.8. The zero-order valence-corrected chi connectivity index (χ0v) is 20.8. The summed E-state index contributed by atoms with van der Waals surface area (Å²) in [5.74, 6) is -3.88. The van der Waals surface area contributed by atoms with E-state index in [9.17, 15) is 13.2 Å². The summed E-state index contributed by atoms with van der Waals surface area (Å²) in [5.41, 5.74) is 1.04. The Morgan fingerprint density at radius 2 is 1.08 bits per heavy atom. The summed E-state index contributed by atoms with van der Waals surface area (Å²) in [6.45, 7) is 4.53. The van der Waals surface area contributed by atoms with Crippen molar-refractivity contribution < 1.29 is 31.4 Å². The Kier molecular flexibility index (Phi) is 8.01. The van der Waals surface area contributed by atoms with Crippen LogP contribution in [-0.4, -0.2) is 13.2 Å². The lowest BCUT2D eigenvalue weighted by Gasteiger charge is -2.38. The van der Waals surface area contributed by atoms with Gasteiger partial charge in [-0.25, -0.2) is 22.0 Å². The second-order valence-electron chi connectivity index (χ2n) is 10.9. The maximum Gasteiger partial charge on any atom is 0.194 e. The van der Waals surface area contributed by atoms with Gasteiger partial charge in [0.1, 0.15) is 11.6 Å². The Morgan fingerprint density at radius 1 is 0.622 bits per heavy atom. The maximum atomic E-state index is 15.1. The average molecular weight is 521 g/mol. The van der Waals surface area contributed by atoms with Crippen molar-refractivity contribution in [3.8, 4) is 0 Å². The molecule has 2 aromatic carbocycles. The molecule has 0 radical (unpaired) electrons. The first-order valence-electron chi connectivity index (χ1n) is 13.3. The van der Waals surface area contributed by atoms with Gasteiger partial charge in [0, 0.05) is 17.0 Å². The third-order valence-electron chi connectivity index (χ3n) is 8.73. The van der Waals surface area contributed by atoms with Crippen LogP contribution in [0.2, 0.25) is 0 Å². The van der Waals surface area contributed by atoms with Crippen LogP contribution in [0.15, 0.2) is 36.9 Å². The predicted octanol–water partition coefficient (Wildman–Crippen LogP) is 8.48. The largest absolute Gasteiger partial charge is 0.348 e. The van der Waals surface area contributed by atoms with Crippen molar-refractivity contribution in [2.45, 2.75) is 69.5 Å². The van der Waals surface area contributed by atoms with Crippen molar-refractivity contribution in [2.24, 2.45) is 17.8 Å². The summed E-state index contributed by atoms with van der Waals surface area (Å²) in [6.07, 6.45) is 7.71. The van der Waals surface area contributed by atoms with Gasteiger partial charge in [0.15, 0.2) is 23.7 Å². The molecule has 2 nitrogen and oxygen atoms in total. The molecule has 0 atom stereocenters. The number of hydrogen-bond donors (Lipinski definition) is 0. The number of benzene rings is 2. The first-order chi connectivity index (χ1) is 17.8. The van der Waals surface area contributed by atoms with Gasteiger partial charge >= 0.3 is 0 Å². The van der Waals surface area contributed by atoms with Gasteiger partial charge in [-0.05, 0) is 105 Å². The normalized spacial score (nSPS) is 30.7. The molecule has 2 aromatic rings. The minimum absolute atomic E-state index is 0.0266. The molecule has 0 spiro atoms. The zero-order chi connectivity index (χ0) is 26.1. The van der Waals surface area contributed by atoms with Crippen LogP contribution in [-0.2, 0) is 9.47 Å². The van der Waals surface area contributed by atoms with Gasteiger partial charge in [0.2, 0.25) is 0 Å². The monoisotopic (exact) mass is 520 g/mol. The van der Waals surface area contributed by atoms with Crippen molar-refractivity contribution in [1.82, 2.24) is 0 Å². The van der Waals surface area contributed by atoms with E-state index in [1.54, 1.807) is 6.08 Å². The standard InChI is InChI=1S/C30H33F5O2/c1-2-17-15-36-30(37-16-17)23-13-24(31)28(25(32)14-23)21-9-7-19(8-10-21)18-3-5-20(6-4-18)22-11-26(33)29(35)27(34)12-22/h2,11-14,17-21,30H,1,3-10,15-16H2. The lowest BCUT2D eigenvalue weighted by atomic mass is 9.67. The van der Waals surface area contributed by atoms with Gasteiger partial charge in [-0.1, -0.05) is 6.08 Å². The Bertz CT molecular complexity index is 1060. The van der Waals surface area contributed by atoms with E-state index in [0.717, 1.165) is 63.5 Å². The Balaban J connectivity index is 1.16. The second kappa shape index (κ2) is 11.2. The molecule has 0 aromatic heterocycles. The summed E-state index contributed by atoms with van der Waals surface area (Å²) < 4.78 is 82.0. The first-order valence-corrected chi connectivity index (χ1v) is 13.3. The molecule has 2 saturated carbocycles. The summed E-state index contributed by atoms with van der Waals surface area (Å²) in [7, 11) is 0. The first kappa shape index (κ1) is 26.4. The molecule has 1 saturated heterocycles. The fraction of sp³-hybridized carbons (Fsp3) is 0.533. The molecule has 0 bridgehead atoms. The van der Waals surface area contributed by atoms with E-state index >= 15 is 8.78 Å². The molecule has 1 aliphatic heterocycles. The molecule has 2 aliphatic carbocycles. The lowest BCUT2D eigenvalue weighted by Crippen LogP contribution is -2.26. The third kappa shape index (κ3) is 5.63. The van der Waals surface area contributed by atoms with Crippen LogP contribution in [0.5, 0.6) is 0 Å². The summed E-state index contributed by atoms with van der Waals surface area (Å²) in [6, 6.07) is 4.92. The molecule has 37 heavy (non-hydrogen) atoms. The summed E-state index contributed by atoms with van der Waals surface area (Å²) in [5, 5.41) is 0. The number of rotatable bonds is 5. The highest BCUT2D eigenvalue weighted by Gasteiger charge is 2.34. The van der Waals surface area contributed by atoms with E-state index in [1.807, 2.05) is 0 Å². The quantitative estimate of drug-likeness (QED) is 0.224.